The second-order valence-electron chi connectivity index (χ2n) is 5.80. The number of unbranched alkanes of at least 4 members (excludes halogenated alkanes) is 1. The molecule has 0 aliphatic heterocycles. The molecule has 3 N–H and O–H groups in total. The van der Waals surface area contributed by atoms with E-state index in [0.717, 1.165) is 6.07 Å². The molecule has 1 aromatic heterocycles. The summed E-state index contributed by atoms with van der Waals surface area (Å²) in [5, 5.41) is 21.9. The second kappa shape index (κ2) is 9.24. The maximum Gasteiger partial charge on any atom is 0.315 e. The van der Waals surface area contributed by atoms with Gasteiger partial charge in [-0.15, -0.1) is 5.10 Å². The molecular formula is C18H16F3IN4O2. The van der Waals surface area contributed by atoms with Crippen LogP contribution in [-0.2, 0) is 0 Å². The van der Waals surface area contributed by atoms with Gasteiger partial charge in [0.15, 0.2) is 11.6 Å². The lowest BCUT2D eigenvalue weighted by Crippen LogP contribution is -2.02. The normalized spacial score (nSPS) is 10.9. The van der Waals surface area contributed by atoms with Crippen LogP contribution in [-0.4, -0.2) is 28.5 Å². The fourth-order valence-corrected chi connectivity index (χ4v) is 2.87. The van der Waals surface area contributed by atoms with E-state index in [1.807, 2.05) is 22.6 Å². The molecule has 3 rings (SSSR count). The Morgan fingerprint density at radius 2 is 1.86 bits per heavy atom. The van der Waals surface area contributed by atoms with E-state index in [9.17, 15) is 13.2 Å². The fraction of sp³-hybridized carbons (Fsp3) is 0.222. The summed E-state index contributed by atoms with van der Waals surface area (Å²) in [5.41, 5.74) is -0.239. The minimum Gasteiger partial charge on any atom is -0.403 e. The number of aliphatic hydroxyl groups is 1. The van der Waals surface area contributed by atoms with Crippen LogP contribution in [0.25, 0.3) is 11.5 Å². The van der Waals surface area contributed by atoms with Crippen LogP contribution in [0.5, 0.6) is 0 Å². The van der Waals surface area contributed by atoms with E-state index in [0.29, 0.717) is 23.0 Å². The van der Waals surface area contributed by atoms with E-state index in [1.165, 1.54) is 18.2 Å². The van der Waals surface area contributed by atoms with Gasteiger partial charge in [0.1, 0.15) is 5.82 Å². The van der Waals surface area contributed by atoms with Crippen molar-refractivity contribution in [1.82, 2.24) is 10.2 Å². The minimum absolute atomic E-state index is 0.0203. The van der Waals surface area contributed by atoms with Crippen LogP contribution in [0.3, 0.4) is 0 Å². The van der Waals surface area contributed by atoms with Crippen molar-refractivity contribution in [2.24, 2.45) is 0 Å². The molecule has 0 radical (unpaired) electrons. The van der Waals surface area contributed by atoms with Crippen molar-refractivity contribution >= 4 is 40.0 Å². The standard InChI is InChI=1S/C18H16F3IN4O2/c19-12-5-4-11(17-25-26-18(28-17)23-7-1-2-8-27)16(15(12)21)24-14-6-3-10(22)9-13(14)20/h3-6,9,24,27H,1-2,7-8H2,(H,23,26). The molecule has 10 heteroatoms. The fourth-order valence-electron chi connectivity index (χ4n) is 2.41. The van der Waals surface area contributed by atoms with Crippen molar-refractivity contribution in [2.45, 2.75) is 12.8 Å². The molecule has 148 valence electrons. The Balaban J connectivity index is 1.90. The third-order valence-corrected chi connectivity index (χ3v) is 4.47. The number of aromatic nitrogens is 2. The van der Waals surface area contributed by atoms with Gasteiger partial charge in [-0.05, 0) is 65.8 Å². The number of hydrogen-bond acceptors (Lipinski definition) is 6. The van der Waals surface area contributed by atoms with Crippen molar-refractivity contribution < 1.29 is 22.7 Å². The molecule has 2 aromatic carbocycles. The van der Waals surface area contributed by atoms with Gasteiger partial charge in [-0.3, -0.25) is 0 Å². The molecule has 6 nitrogen and oxygen atoms in total. The van der Waals surface area contributed by atoms with Gasteiger partial charge in [0.2, 0.25) is 0 Å². The Hall–Kier alpha value is -2.34. The van der Waals surface area contributed by atoms with Gasteiger partial charge in [-0.25, -0.2) is 13.2 Å². The molecule has 0 spiro atoms. The quantitative estimate of drug-likeness (QED) is 0.305. The highest BCUT2D eigenvalue weighted by molar-refractivity contribution is 14.1. The number of nitrogens with one attached hydrogen (secondary N) is 2. The largest absolute Gasteiger partial charge is 0.403 e. The minimum atomic E-state index is -1.19. The van der Waals surface area contributed by atoms with Gasteiger partial charge in [0.05, 0.1) is 16.9 Å². The summed E-state index contributed by atoms with van der Waals surface area (Å²) in [6.45, 7) is 0.578. The highest BCUT2D eigenvalue weighted by atomic mass is 127. The van der Waals surface area contributed by atoms with Gasteiger partial charge in [0, 0.05) is 16.7 Å². The molecule has 0 saturated carbocycles. The highest BCUT2D eigenvalue weighted by Crippen LogP contribution is 2.34. The Morgan fingerprint density at radius 1 is 1.04 bits per heavy atom. The lowest BCUT2D eigenvalue weighted by Gasteiger charge is -2.12. The monoisotopic (exact) mass is 504 g/mol. The van der Waals surface area contributed by atoms with Gasteiger partial charge in [-0.2, -0.15) is 0 Å². The Kier molecular flexibility index (Phi) is 6.73. The zero-order valence-electron chi connectivity index (χ0n) is 14.5. The zero-order chi connectivity index (χ0) is 20.1. The predicted molar refractivity (Wildman–Crippen MR) is 107 cm³/mol. The summed E-state index contributed by atoms with van der Waals surface area (Å²) >= 11 is 1.94. The van der Waals surface area contributed by atoms with Crippen LogP contribution in [0.15, 0.2) is 34.7 Å². The van der Waals surface area contributed by atoms with E-state index in [4.69, 9.17) is 9.52 Å². The molecule has 0 aliphatic carbocycles. The van der Waals surface area contributed by atoms with E-state index in [1.54, 1.807) is 6.07 Å². The summed E-state index contributed by atoms with van der Waals surface area (Å²) in [6.07, 6.45) is 1.31. The van der Waals surface area contributed by atoms with Crippen molar-refractivity contribution in [3.8, 4) is 11.5 Å². The molecule has 0 amide bonds. The van der Waals surface area contributed by atoms with E-state index < -0.39 is 17.5 Å². The molecule has 3 aromatic rings. The molecule has 0 unspecified atom stereocenters. The van der Waals surface area contributed by atoms with Crippen molar-refractivity contribution in [3.05, 3.63) is 51.4 Å². The first-order valence-corrected chi connectivity index (χ1v) is 9.46. The smallest absolute Gasteiger partial charge is 0.315 e. The zero-order valence-corrected chi connectivity index (χ0v) is 16.6. The average Bonchev–Trinajstić information content (AvgIpc) is 3.13. The number of benzene rings is 2. The number of nitrogens with zero attached hydrogens (tertiary/aromatic N) is 2. The SMILES string of the molecule is OCCCCNc1nnc(-c2ccc(F)c(F)c2Nc2ccc(I)cc2F)o1. The first kappa shape index (κ1) is 20.4. The molecule has 0 aliphatic rings. The van der Waals surface area contributed by atoms with E-state index in [2.05, 4.69) is 20.8 Å². The molecule has 28 heavy (non-hydrogen) atoms. The summed E-state index contributed by atoms with van der Waals surface area (Å²) < 4.78 is 48.5. The van der Waals surface area contributed by atoms with Crippen LogP contribution in [0.4, 0.5) is 30.6 Å². The number of rotatable bonds is 8. The predicted octanol–water partition coefficient (Wildman–Crippen LogP) is 4.69. The first-order valence-electron chi connectivity index (χ1n) is 8.38. The number of anilines is 3. The van der Waals surface area contributed by atoms with Crippen molar-refractivity contribution in [3.63, 3.8) is 0 Å². The van der Waals surface area contributed by atoms with E-state index >= 15 is 0 Å². The topological polar surface area (TPSA) is 83.2 Å². The lowest BCUT2D eigenvalue weighted by molar-refractivity contribution is 0.286. The molecule has 0 atom stereocenters. The van der Waals surface area contributed by atoms with Gasteiger partial charge in [-0.1, -0.05) is 5.10 Å². The highest BCUT2D eigenvalue weighted by Gasteiger charge is 2.20. The first-order chi connectivity index (χ1) is 13.5. The third-order valence-electron chi connectivity index (χ3n) is 3.80. The van der Waals surface area contributed by atoms with Crippen LogP contribution in [0.2, 0.25) is 0 Å². The Bertz CT molecular complexity index is 968. The average molecular weight is 504 g/mol. The maximum atomic E-state index is 14.4. The second-order valence-corrected chi connectivity index (χ2v) is 7.05. The summed E-state index contributed by atoms with van der Waals surface area (Å²) in [5.74, 6) is -2.96. The number of aliphatic hydroxyl groups excluding tert-OH is 1. The van der Waals surface area contributed by atoms with Crippen LogP contribution in [0.1, 0.15) is 12.8 Å². The van der Waals surface area contributed by atoms with Crippen LogP contribution < -0.4 is 10.6 Å². The number of halogens is 4. The van der Waals surface area contributed by atoms with Crippen LogP contribution >= 0.6 is 22.6 Å². The summed E-state index contributed by atoms with van der Waals surface area (Å²) in [6, 6.07) is 6.62. The molecule has 0 saturated heterocycles. The maximum absolute atomic E-state index is 14.4. The molecule has 0 bridgehead atoms. The Morgan fingerprint density at radius 3 is 2.61 bits per heavy atom. The molecule has 1 heterocycles. The van der Waals surface area contributed by atoms with Crippen molar-refractivity contribution in [2.75, 3.05) is 23.8 Å². The van der Waals surface area contributed by atoms with Crippen LogP contribution in [0, 0.1) is 21.0 Å². The van der Waals surface area contributed by atoms with Gasteiger partial charge >= 0.3 is 6.01 Å². The van der Waals surface area contributed by atoms with Gasteiger partial charge in [0.25, 0.3) is 5.89 Å². The van der Waals surface area contributed by atoms with Crippen molar-refractivity contribution in [1.29, 1.82) is 0 Å². The van der Waals surface area contributed by atoms with Gasteiger partial charge < -0.3 is 20.2 Å². The van der Waals surface area contributed by atoms with E-state index in [-0.39, 0.29) is 35.5 Å². The summed E-state index contributed by atoms with van der Waals surface area (Å²) in [4.78, 5) is 0. The summed E-state index contributed by atoms with van der Waals surface area (Å²) in [7, 11) is 0. The lowest BCUT2D eigenvalue weighted by atomic mass is 10.1. The third kappa shape index (κ3) is 4.73. The molecule has 0 fully saturated rings. The Labute approximate surface area is 172 Å². The number of hydrogen-bond donors (Lipinski definition) is 3. The molecular weight excluding hydrogens is 488 g/mol.